The van der Waals surface area contributed by atoms with Crippen LogP contribution in [0.5, 0.6) is 11.5 Å². The molecule has 6 heteroatoms. The van der Waals surface area contributed by atoms with Crippen LogP contribution in [-0.4, -0.2) is 34.2 Å². The molecule has 2 heterocycles. The largest absolute Gasteiger partial charge is 0.497 e. The molecule has 2 aromatic heterocycles. The van der Waals surface area contributed by atoms with Crippen LogP contribution in [0.3, 0.4) is 0 Å². The minimum atomic E-state index is 0.788. The number of fused-ring (bicyclic) bond motifs is 1. The van der Waals surface area contributed by atoms with Gasteiger partial charge >= 0.3 is 0 Å². The van der Waals surface area contributed by atoms with Crippen LogP contribution in [0.15, 0.2) is 48.7 Å². The normalized spacial score (nSPS) is 11.0. The highest BCUT2D eigenvalue weighted by molar-refractivity contribution is 5.98. The molecule has 0 aliphatic heterocycles. The van der Waals surface area contributed by atoms with Crippen LogP contribution < -0.4 is 9.47 Å². The predicted octanol–water partition coefficient (Wildman–Crippen LogP) is 3.65. The fourth-order valence-electron chi connectivity index (χ4n) is 3.08. The zero-order valence-electron chi connectivity index (χ0n) is 14.3. The van der Waals surface area contributed by atoms with Crippen LogP contribution >= 0.6 is 0 Å². The van der Waals surface area contributed by atoms with E-state index in [1.165, 1.54) is 0 Å². The molecule has 25 heavy (non-hydrogen) atoms. The third-order valence-electron chi connectivity index (χ3n) is 4.35. The van der Waals surface area contributed by atoms with Crippen LogP contribution in [0, 0.1) is 0 Å². The molecule has 0 spiro atoms. The highest BCUT2D eigenvalue weighted by Crippen LogP contribution is 2.36. The van der Waals surface area contributed by atoms with Crippen molar-refractivity contribution in [3.05, 3.63) is 48.7 Å². The van der Waals surface area contributed by atoms with Gasteiger partial charge in [0.2, 0.25) is 0 Å². The number of H-pyrrole nitrogens is 1. The minimum absolute atomic E-state index is 0.788. The molecule has 4 rings (SSSR count). The van der Waals surface area contributed by atoms with Crippen molar-refractivity contribution in [1.29, 1.82) is 0 Å². The van der Waals surface area contributed by atoms with E-state index in [-0.39, 0.29) is 0 Å². The molecular formula is C19H18N4O2. The molecule has 0 aliphatic carbocycles. The van der Waals surface area contributed by atoms with Gasteiger partial charge in [-0.05, 0) is 42.5 Å². The standard InChI is InChI=1S/C19H18N4O2/c1-23-9-8-13-10-15(25-3)11-16(19(13)23)18-17(20-22-21-18)12-4-6-14(24-2)7-5-12/h4-11H,1-3H3,(H,20,21,22). The molecule has 0 bridgehead atoms. The number of aromatic amines is 1. The summed E-state index contributed by atoms with van der Waals surface area (Å²) in [4.78, 5) is 0. The summed E-state index contributed by atoms with van der Waals surface area (Å²) in [6.07, 6.45) is 2.03. The molecule has 0 unspecified atom stereocenters. The number of aryl methyl sites for hydroxylation is 1. The summed E-state index contributed by atoms with van der Waals surface area (Å²) >= 11 is 0. The SMILES string of the molecule is COc1ccc(-c2n[nH]nc2-c2cc(OC)cc3ccn(C)c23)cc1. The molecule has 0 saturated heterocycles. The van der Waals surface area contributed by atoms with Gasteiger partial charge in [0.1, 0.15) is 22.9 Å². The predicted molar refractivity (Wildman–Crippen MR) is 96.8 cm³/mol. The summed E-state index contributed by atoms with van der Waals surface area (Å²) in [7, 11) is 5.34. The first-order valence-electron chi connectivity index (χ1n) is 7.90. The van der Waals surface area contributed by atoms with Gasteiger partial charge in [0, 0.05) is 29.8 Å². The first-order chi connectivity index (χ1) is 12.2. The van der Waals surface area contributed by atoms with Crippen molar-refractivity contribution in [3.63, 3.8) is 0 Å². The average Bonchev–Trinajstić information content (AvgIpc) is 3.28. The molecule has 0 radical (unpaired) electrons. The lowest BCUT2D eigenvalue weighted by Crippen LogP contribution is -1.93. The molecule has 6 nitrogen and oxygen atoms in total. The van der Waals surface area contributed by atoms with Crippen molar-refractivity contribution in [1.82, 2.24) is 20.0 Å². The Labute approximate surface area is 145 Å². The van der Waals surface area contributed by atoms with Crippen LogP contribution in [0.25, 0.3) is 33.4 Å². The number of aromatic nitrogens is 4. The van der Waals surface area contributed by atoms with E-state index in [2.05, 4.69) is 26.0 Å². The quantitative estimate of drug-likeness (QED) is 0.619. The van der Waals surface area contributed by atoms with Gasteiger partial charge < -0.3 is 14.0 Å². The van der Waals surface area contributed by atoms with Crippen LogP contribution in [-0.2, 0) is 7.05 Å². The van der Waals surface area contributed by atoms with Gasteiger partial charge in [0.25, 0.3) is 0 Å². The molecular weight excluding hydrogens is 316 g/mol. The number of benzene rings is 2. The van der Waals surface area contributed by atoms with Gasteiger partial charge in [-0.15, -0.1) is 0 Å². The number of nitrogens with zero attached hydrogens (tertiary/aromatic N) is 3. The molecule has 126 valence electrons. The molecule has 0 fully saturated rings. The Kier molecular flexibility index (Phi) is 3.65. The van der Waals surface area contributed by atoms with E-state index >= 15 is 0 Å². The lowest BCUT2D eigenvalue weighted by Gasteiger charge is -2.09. The third kappa shape index (κ3) is 2.52. The molecule has 4 aromatic rings. The van der Waals surface area contributed by atoms with Crippen molar-refractivity contribution in [2.24, 2.45) is 7.05 Å². The Morgan fingerprint density at radius 1 is 0.880 bits per heavy atom. The number of rotatable bonds is 4. The van der Waals surface area contributed by atoms with Gasteiger partial charge in [-0.2, -0.15) is 15.4 Å². The summed E-state index contributed by atoms with van der Waals surface area (Å²) in [5, 5.41) is 12.6. The Morgan fingerprint density at radius 2 is 1.60 bits per heavy atom. The lowest BCUT2D eigenvalue weighted by atomic mass is 10.0. The van der Waals surface area contributed by atoms with E-state index in [1.807, 2.05) is 49.6 Å². The number of ether oxygens (including phenoxy) is 2. The van der Waals surface area contributed by atoms with E-state index in [1.54, 1.807) is 14.2 Å². The highest BCUT2D eigenvalue weighted by atomic mass is 16.5. The minimum Gasteiger partial charge on any atom is -0.497 e. The Bertz CT molecular complexity index is 1030. The Balaban J connectivity index is 1.93. The van der Waals surface area contributed by atoms with E-state index < -0.39 is 0 Å². The zero-order valence-corrected chi connectivity index (χ0v) is 14.3. The number of hydrogen-bond acceptors (Lipinski definition) is 4. The van der Waals surface area contributed by atoms with Crippen molar-refractivity contribution in [3.8, 4) is 34.0 Å². The maximum absolute atomic E-state index is 5.46. The number of nitrogens with one attached hydrogen (secondary N) is 1. The highest BCUT2D eigenvalue weighted by Gasteiger charge is 2.18. The average molecular weight is 334 g/mol. The van der Waals surface area contributed by atoms with Gasteiger partial charge in [-0.3, -0.25) is 0 Å². The molecule has 0 amide bonds. The van der Waals surface area contributed by atoms with Crippen molar-refractivity contribution in [2.75, 3.05) is 14.2 Å². The van der Waals surface area contributed by atoms with Crippen molar-refractivity contribution < 1.29 is 9.47 Å². The summed E-state index contributed by atoms with van der Waals surface area (Å²) in [6.45, 7) is 0. The molecule has 0 aliphatic rings. The van der Waals surface area contributed by atoms with E-state index in [9.17, 15) is 0 Å². The summed E-state index contributed by atoms with van der Waals surface area (Å²) in [6, 6.07) is 13.9. The maximum Gasteiger partial charge on any atom is 0.123 e. The van der Waals surface area contributed by atoms with Crippen LogP contribution in [0.1, 0.15) is 0 Å². The van der Waals surface area contributed by atoms with Crippen molar-refractivity contribution in [2.45, 2.75) is 0 Å². The fraction of sp³-hybridized carbons (Fsp3) is 0.158. The number of hydrogen-bond donors (Lipinski definition) is 1. The smallest absolute Gasteiger partial charge is 0.123 e. The van der Waals surface area contributed by atoms with E-state index in [0.717, 1.165) is 44.9 Å². The second-order valence-electron chi connectivity index (χ2n) is 5.79. The zero-order chi connectivity index (χ0) is 17.4. The molecule has 1 N–H and O–H groups in total. The lowest BCUT2D eigenvalue weighted by molar-refractivity contribution is 0.415. The monoisotopic (exact) mass is 334 g/mol. The van der Waals surface area contributed by atoms with Gasteiger partial charge in [-0.25, -0.2) is 0 Å². The first-order valence-corrected chi connectivity index (χ1v) is 7.90. The second kappa shape index (κ2) is 5.98. The molecule has 2 aromatic carbocycles. The second-order valence-corrected chi connectivity index (χ2v) is 5.79. The molecule has 0 atom stereocenters. The summed E-state index contributed by atoms with van der Waals surface area (Å²) in [5.41, 5.74) is 4.61. The van der Waals surface area contributed by atoms with Gasteiger partial charge in [-0.1, -0.05) is 0 Å². The first kappa shape index (κ1) is 15.3. The summed E-state index contributed by atoms with van der Waals surface area (Å²) in [5.74, 6) is 1.59. The third-order valence-corrected chi connectivity index (χ3v) is 4.35. The van der Waals surface area contributed by atoms with E-state index in [4.69, 9.17) is 9.47 Å². The van der Waals surface area contributed by atoms with Gasteiger partial charge in [0.05, 0.1) is 19.7 Å². The van der Waals surface area contributed by atoms with Crippen LogP contribution in [0.4, 0.5) is 0 Å². The van der Waals surface area contributed by atoms with Gasteiger partial charge in [0.15, 0.2) is 0 Å². The molecule has 0 saturated carbocycles. The maximum atomic E-state index is 5.46. The van der Waals surface area contributed by atoms with E-state index in [0.29, 0.717) is 0 Å². The number of methoxy groups -OCH3 is 2. The van der Waals surface area contributed by atoms with Crippen LogP contribution in [0.2, 0.25) is 0 Å². The summed E-state index contributed by atoms with van der Waals surface area (Å²) < 4.78 is 12.8. The Hall–Kier alpha value is -3.28. The topological polar surface area (TPSA) is 65.0 Å². The fourth-order valence-corrected chi connectivity index (χ4v) is 3.08. The van der Waals surface area contributed by atoms with Crippen molar-refractivity contribution >= 4 is 10.9 Å². The Morgan fingerprint density at radius 3 is 2.32 bits per heavy atom.